The van der Waals surface area contributed by atoms with Crippen LogP contribution >= 0.6 is 0 Å². The highest BCUT2D eigenvalue weighted by Gasteiger charge is 2.38. The Hall–Kier alpha value is -6.64. The number of aryl methyl sites for hydroxylation is 1. The van der Waals surface area contributed by atoms with E-state index in [0.717, 1.165) is 9.47 Å². The Bertz CT molecular complexity index is 3030. The van der Waals surface area contributed by atoms with Crippen molar-refractivity contribution in [3.05, 3.63) is 92.8 Å². The van der Waals surface area contributed by atoms with Crippen LogP contribution in [-0.4, -0.2) is 69.8 Å². The number of carbonyl (C=O) groups is 3. The molecule has 0 saturated carbocycles. The van der Waals surface area contributed by atoms with Crippen LogP contribution in [0.25, 0.3) is 53.9 Å². The van der Waals surface area contributed by atoms with Crippen molar-refractivity contribution in [2.75, 3.05) is 20.3 Å². The third-order valence-electron chi connectivity index (χ3n) is 11.0. The van der Waals surface area contributed by atoms with Crippen molar-refractivity contribution in [1.82, 2.24) is 14.8 Å². The van der Waals surface area contributed by atoms with Crippen molar-refractivity contribution >= 4 is 71.6 Å². The molecule has 56 heavy (non-hydrogen) atoms. The minimum Gasteiger partial charge on any atom is -0.507 e. The molecule has 1 aliphatic rings. The maximum Gasteiger partial charge on any atom is 0.330 e. The number of pyridine rings is 1. The molecular formula is C41H37N3O12. The molecule has 6 aromatic rings. The molecule has 1 fully saturated rings. The summed E-state index contributed by atoms with van der Waals surface area (Å²) in [4.78, 5) is 112. The van der Waals surface area contributed by atoms with Gasteiger partial charge in [0.25, 0.3) is 5.56 Å². The maximum atomic E-state index is 14.7. The molecule has 288 valence electrons. The molecule has 15 nitrogen and oxygen atoms in total. The van der Waals surface area contributed by atoms with Gasteiger partial charge in [0.1, 0.15) is 35.9 Å². The van der Waals surface area contributed by atoms with Crippen LogP contribution in [0.1, 0.15) is 51.3 Å². The average molecular weight is 764 g/mol. The minimum absolute atomic E-state index is 0.00486. The molecule has 1 aliphatic heterocycles. The number of ether oxygens (including phenoxy) is 2. The van der Waals surface area contributed by atoms with E-state index in [9.17, 15) is 48.6 Å². The standard InChI is InChI=1S/C41H37N3O12/c1-7-16(3)23-13-21-29(40(53)44(23)15-25(46)43-14-22(41(54)56-8-2)42-39(52)18(43)5)35(49)27-19(33(21)47)10-11-20-28(27)36(50)31-32(38(20)55-6)34(48)26-17(4)9-12-24(45)30(26)37(31)51/h9-13,16,18,22,45,50H,7-8,14-15H2,1-6H3,(H,42,52). The number of phenols is 2. The number of nitrogens with zero attached hydrogens (tertiary/aromatic N) is 2. The van der Waals surface area contributed by atoms with Gasteiger partial charge in [-0.25, -0.2) is 4.79 Å². The van der Waals surface area contributed by atoms with E-state index < -0.39 is 97.3 Å². The highest BCUT2D eigenvalue weighted by atomic mass is 16.5. The summed E-state index contributed by atoms with van der Waals surface area (Å²) in [6.45, 7) is 7.38. The zero-order valence-electron chi connectivity index (χ0n) is 31.3. The van der Waals surface area contributed by atoms with Crippen LogP contribution < -0.4 is 37.3 Å². The molecule has 3 N–H and O–H groups in total. The average Bonchev–Trinajstić information content (AvgIpc) is 3.17. The number of fused-ring (bicyclic) bond motifs is 6. The predicted octanol–water partition coefficient (Wildman–Crippen LogP) is 2.45. The third kappa shape index (κ3) is 5.32. The molecule has 0 bridgehead atoms. The molecule has 2 amide bonds. The van der Waals surface area contributed by atoms with Crippen LogP contribution in [0.15, 0.2) is 54.3 Å². The van der Waals surface area contributed by atoms with E-state index in [4.69, 9.17) is 9.47 Å². The summed E-state index contributed by atoms with van der Waals surface area (Å²) in [5.74, 6) is -3.99. The molecule has 0 spiro atoms. The van der Waals surface area contributed by atoms with Crippen molar-refractivity contribution in [3.63, 3.8) is 0 Å². The van der Waals surface area contributed by atoms with Crippen molar-refractivity contribution in [2.45, 2.75) is 65.6 Å². The fourth-order valence-corrected chi connectivity index (χ4v) is 7.94. The molecule has 3 atom stereocenters. The van der Waals surface area contributed by atoms with Crippen molar-refractivity contribution in [3.8, 4) is 17.2 Å². The Morgan fingerprint density at radius 1 is 0.839 bits per heavy atom. The van der Waals surface area contributed by atoms with Crippen LogP contribution in [0.5, 0.6) is 17.2 Å². The molecule has 7 rings (SSSR count). The first-order valence-electron chi connectivity index (χ1n) is 18.0. The molecule has 5 aromatic carbocycles. The molecule has 15 heteroatoms. The lowest BCUT2D eigenvalue weighted by Crippen LogP contribution is -2.63. The number of phenolic OH excluding ortho intramolecular Hbond substituents is 2. The van der Waals surface area contributed by atoms with E-state index >= 15 is 0 Å². The number of piperazine rings is 1. The largest absolute Gasteiger partial charge is 0.507 e. The van der Waals surface area contributed by atoms with E-state index in [0.29, 0.717) is 12.0 Å². The SMILES string of the molecule is CCOC(=O)C1CN(C(=O)Cn2c(C(C)CC)cc3c(=O)c4ccc5c(OC)c6c(=O)c7c(C)ccc(O)c7c(=O)c6c(O)c5c4c(=O)c3c2=O)C(C)C(=O)N1. The van der Waals surface area contributed by atoms with E-state index in [1.165, 1.54) is 44.4 Å². The number of aromatic nitrogens is 1. The molecule has 0 aliphatic carbocycles. The highest BCUT2D eigenvalue weighted by Crippen LogP contribution is 2.43. The van der Waals surface area contributed by atoms with Gasteiger partial charge in [-0.05, 0) is 62.9 Å². The molecule has 1 aromatic heterocycles. The Morgan fingerprint density at radius 2 is 1.50 bits per heavy atom. The number of carbonyl (C=O) groups excluding carboxylic acids is 3. The van der Waals surface area contributed by atoms with Crippen LogP contribution in [0.2, 0.25) is 0 Å². The number of hydrogen-bond acceptors (Lipinski definition) is 12. The van der Waals surface area contributed by atoms with Gasteiger partial charge in [-0.3, -0.25) is 33.6 Å². The van der Waals surface area contributed by atoms with Gasteiger partial charge < -0.3 is 34.5 Å². The van der Waals surface area contributed by atoms with Crippen LogP contribution in [0.4, 0.5) is 0 Å². The summed E-state index contributed by atoms with van der Waals surface area (Å²) >= 11 is 0. The van der Waals surface area contributed by atoms with Crippen molar-refractivity contribution in [2.24, 2.45) is 0 Å². The van der Waals surface area contributed by atoms with E-state index in [1.54, 1.807) is 20.8 Å². The summed E-state index contributed by atoms with van der Waals surface area (Å²) < 4.78 is 11.8. The van der Waals surface area contributed by atoms with Gasteiger partial charge in [0, 0.05) is 38.0 Å². The molecular weight excluding hydrogens is 726 g/mol. The lowest BCUT2D eigenvalue weighted by molar-refractivity contribution is -0.154. The number of benzene rings is 5. The molecule has 0 radical (unpaired) electrons. The Labute approximate surface area is 316 Å². The second-order valence-corrected chi connectivity index (χ2v) is 14.1. The third-order valence-corrected chi connectivity index (χ3v) is 11.0. The summed E-state index contributed by atoms with van der Waals surface area (Å²) in [6, 6.07) is 4.61. The van der Waals surface area contributed by atoms with Crippen LogP contribution in [0, 0.1) is 6.92 Å². The predicted molar refractivity (Wildman–Crippen MR) is 209 cm³/mol. The van der Waals surface area contributed by atoms with Gasteiger partial charge in [-0.2, -0.15) is 0 Å². The summed E-state index contributed by atoms with van der Waals surface area (Å²) in [7, 11) is 1.23. The van der Waals surface area contributed by atoms with Gasteiger partial charge in [-0.15, -0.1) is 0 Å². The Morgan fingerprint density at radius 3 is 2.16 bits per heavy atom. The summed E-state index contributed by atoms with van der Waals surface area (Å²) in [5.41, 5.74) is -3.73. The minimum atomic E-state index is -1.15. The van der Waals surface area contributed by atoms with Crippen molar-refractivity contribution < 1.29 is 34.1 Å². The zero-order valence-corrected chi connectivity index (χ0v) is 31.3. The van der Waals surface area contributed by atoms with Crippen LogP contribution in [0.3, 0.4) is 0 Å². The molecule has 3 unspecified atom stereocenters. The molecule has 2 heterocycles. The Balaban J connectivity index is 1.54. The topological polar surface area (TPSA) is 216 Å². The fraction of sp³-hybridized carbons (Fsp3) is 0.317. The van der Waals surface area contributed by atoms with Crippen LogP contribution in [-0.2, 0) is 25.7 Å². The first-order valence-corrected chi connectivity index (χ1v) is 18.0. The Kier molecular flexibility index (Phi) is 9.14. The van der Waals surface area contributed by atoms with Gasteiger partial charge in [-0.1, -0.05) is 19.9 Å². The second-order valence-electron chi connectivity index (χ2n) is 14.1. The monoisotopic (exact) mass is 763 g/mol. The maximum absolute atomic E-state index is 14.7. The number of esters is 1. The normalized spacial score (nSPS) is 16.5. The van der Waals surface area contributed by atoms with E-state index in [2.05, 4.69) is 5.32 Å². The van der Waals surface area contributed by atoms with Gasteiger partial charge in [0.15, 0.2) is 10.9 Å². The number of methoxy groups -OCH3 is 1. The van der Waals surface area contributed by atoms with Crippen molar-refractivity contribution in [1.29, 1.82) is 0 Å². The van der Waals surface area contributed by atoms with Gasteiger partial charge in [0.2, 0.25) is 22.7 Å². The first kappa shape index (κ1) is 37.7. The number of nitrogens with one attached hydrogen (secondary N) is 1. The lowest BCUT2D eigenvalue weighted by atomic mass is 9.90. The van der Waals surface area contributed by atoms with Gasteiger partial charge >= 0.3 is 5.97 Å². The summed E-state index contributed by atoms with van der Waals surface area (Å²) in [6.07, 6.45) is 0.465. The fourth-order valence-electron chi connectivity index (χ4n) is 7.94. The van der Waals surface area contributed by atoms with E-state index in [-0.39, 0.29) is 62.3 Å². The highest BCUT2D eigenvalue weighted by molar-refractivity contribution is 6.23. The number of amides is 2. The smallest absolute Gasteiger partial charge is 0.330 e. The summed E-state index contributed by atoms with van der Waals surface area (Å²) in [5, 5.41) is 22.0. The second kappa shape index (κ2) is 13.6. The molecule has 1 saturated heterocycles. The van der Waals surface area contributed by atoms with E-state index in [1.807, 2.05) is 6.92 Å². The quantitative estimate of drug-likeness (QED) is 0.122. The zero-order chi connectivity index (χ0) is 40.7. The van der Waals surface area contributed by atoms with Gasteiger partial charge in [0.05, 0.1) is 41.8 Å². The lowest BCUT2D eigenvalue weighted by Gasteiger charge is -2.37. The number of rotatable bonds is 7. The number of hydrogen-bond donors (Lipinski definition) is 3. The number of aromatic hydroxyl groups is 2. The first-order chi connectivity index (χ1) is 26.6.